The lowest BCUT2D eigenvalue weighted by Crippen LogP contribution is -2.52. The van der Waals surface area contributed by atoms with Crippen LogP contribution in [-0.2, 0) is 11.2 Å². The molecule has 2 aromatic rings. The first-order valence-electron chi connectivity index (χ1n) is 13.3. The lowest BCUT2D eigenvalue weighted by Gasteiger charge is -2.40. The summed E-state index contributed by atoms with van der Waals surface area (Å²) in [6.45, 7) is 6.71. The van der Waals surface area contributed by atoms with E-state index in [0.717, 1.165) is 44.6 Å². The topological polar surface area (TPSA) is 110 Å². The highest BCUT2D eigenvalue weighted by molar-refractivity contribution is 5.68. The molecule has 3 aliphatic rings. The summed E-state index contributed by atoms with van der Waals surface area (Å²) < 4.78 is 5.08. The average Bonchev–Trinajstić information content (AvgIpc) is 3.11. The van der Waals surface area contributed by atoms with Crippen LogP contribution in [0.5, 0.6) is 0 Å². The van der Waals surface area contributed by atoms with Crippen molar-refractivity contribution in [2.45, 2.75) is 51.1 Å². The Hall–Kier alpha value is -3.58. The molecule has 2 bridgehead atoms. The third kappa shape index (κ3) is 5.57. The molecule has 196 valence electrons. The van der Waals surface area contributed by atoms with Crippen molar-refractivity contribution in [1.82, 2.24) is 19.8 Å². The summed E-state index contributed by atoms with van der Waals surface area (Å²) in [4.78, 5) is 27.5. The van der Waals surface area contributed by atoms with Gasteiger partial charge in [0.15, 0.2) is 0 Å². The normalized spacial score (nSPS) is 21.5. The smallest absolute Gasteiger partial charge is 0.409 e. The molecule has 0 saturated carbocycles. The predicted octanol–water partition coefficient (Wildman–Crippen LogP) is 3.58. The van der Waals surface area contributed by atoms with Crippen LogP contribution in [0.1, 0.15) is 43.7 Å². The maximum atomic E-state index is 11.8. The van der Waals surface area contributed by atoms with E-state index in [4.69, 9.17) is 4.74 Å². The number of rotatable bonds is 9. The number of benzene rings is 1. The molecule has 3 aliphatic heterocycles. The third-order valence-electron chi connectivity index (χ3n) is 7.79. The highest BCUT2D eigenvalue weighted by atomic mass is 16.6. The number of likely N-dealkylation sites (N-methyl/N-ethyl adjacent to an activating group) is 1. The van der Waals surface area contributed by atoms with Gasteiger partial charge in [0.1, 0.15) is 17.5 Å². The zero-order valence-electron chi connectivity index (χ0n) is 21.7. The quantitative estimate of drug-likeness (QED) is 0.495. The number of piperazine rings is 1. The number of carbonyl (C=O) groups excluding carboxylic acids is 1. The summed E-state index contributed by atoms with van der Waals surface area (Å²) in [5.41, 5.74) is 3.84. The van der Waals surface area contributed by atoms with Crippen LogP contribution in [0.25, 0.3) is 0 Å². The largest absolute Gasteiger partial charge is 0.449 e. The Morgan fingerprint density at radius 1 is 1.24 bits per heavy atom. The maximum Gasteiger partial charge on any atom is 0.409 e. The highest BCUT2D eigenvalue weighted by Gasteiger charge is 2.37. The fourth-order valence-electron chi connectivity index (χ4n) is 5.57. The molecule has 3 fully saturated rings. The van der Waals surface area contributed by atoms with E-state index >= 15 is 0 Å². The van der Waals surface area contributed by atoms with Crippen molar-refractivity contribution in [3.05, 3.63) is 35.5 Å². The molecule has 37 heavy (non-hydrogen) atoms. The summed E-state index contributed by atoms with van der Waals surface area (Å²) in [6.07, 6.45) is 6.33. The van der Waals surface area contributed by atoms with Crippen LogP contribution in [0.3, 0.4) is 0 Å². The van der Waals surface area contributed by atoms with E-state index in [1.54, 1.807) is 11.1 Å². The summed E-state index contributed by atoms with van der Waals surface area (Å²) in [5, 5.41) is 16.1. The molecule has 0 unspecified atom stereocenters. The van der Waals surface area contributed by atoms with Crippen LogP contribution >= 0.6 is 0 Å². The fraction of sp³-hybridized carbons (Fsp3) is 0.556. The van der Waals surface area contributed by atoms with Gasteiger partial charge in [-0.1, -0.05) is 6.92 Å². The molecule has 1 aromatic carbocycles. The van der Waals surface area contributed by atoms with Crippen LogP contribution in [0.15, 0.2) is 24.4 Å². The predicted molar refractivity (Wildman–Crippen MR) is 143 cm³/mol. The average molecular weight is 505 g/mol. The molecule has 10 heteroatoms. The molecule has 5 rings (SSSR count). The Bertz CT molecular complexity index is 1150. The number of nitrogens with zero attached hydrogens (tertiary/aromatic N) is 6. The summed E-state index contributed by atoms with van der Waals surface area (Å²) in [7, 11) is 2.26. The molecular formula is C27H36N8O2. The Morgan fingerprint density at radius 3 is 2.78 bits per heavy atom. The molecule has 3 saturated heterocycles. The van der Waals surface area contributed by atoms with Gasteiger partial charge in [-0.3, -0.25) is 4.90 Å². The van der Waals surface area contributed by atoms with Crippen LogP contribution in [0, 0.1) is 11.3 Å². The minimum absolute atomic E-state index is 0.254. The summed E-state index contributed by atoms with van der Waals surface area (Å²) >= 11 is 0. The van der Waals surface area contributed by atoms with Crippen LogP contribution < -0.4 is 15.5 Å². The van der Waals surface area contributed by atoms with Crippen molar-refractivity contribution in [1.29, 1.82) is 5.26 Å². The zero-order chi connectivity index (χ0) is 25.8. The van der Waals surface area contributed by atoms with Crippen molar-refractivity contribution < 1.29 is 9.53 Å². The van der Waals surface area contributed by atoms with Gasteiger partial charge >= 0.3 is 6.09 Å². The van der Waals surface area contributed by atoms with Crippen molar-refractivity contribution in [3.8, 4) is 6.07 Å². The molecule has 1 amide bonds. The number of fused-ring (bicyclic) bond motifs is 2. The van der Waals surface area contributed by atoms with E-state index in [1.807, 2.05) is 0 Å². The number of aromatic nitrogens is 2. The van der Waals surface area contributed by atoms with Crippen molar-refractivity contribution >= 4 is 29.2 Å². The lowest BCUT2D eigenvalue weighted by atomic mass is 10.1. The number of nitrogens with one attached hydrogen (secondary N) is 2. The number of ether oxygens (including phenoxy) is 1. The number of amides is 1. The van der Waals surface area contributed by atoms with E-state index in [9.17, 15) is 10.1 Å². The standard InChI is InChI=1S/C27H36N8O2/c1-3-19-14-21(35-17-22-6-7-23(18-35)33(22)2)8-9-24(19)31-26-30-16-20(15-28)25(32-26)29-10-4-11-34-12-5-13-37-27(34)36/h8-9,14,16,22-23H,3-7,10-13,17-18H2,1-2H3,(H2,29,30,31,32)/t22-,23+. The number of nitriles is 1. The lowest BCUT2D eigenvalue weighted by molar-refractivity contribution is 0.0729. The molecule has 0 spiro atoms. The summed E-state index contributed by atoms with van der Waals surface area (Å²) in [5.74, 6) is 0.935. The van der Waals surface area contributed by atoms with Crippen LogP contribution in [0.4, 0.5) is 27.9 Å². The monoisotopic (exact) mass is 504 g/mol. The third-order valence-corrected chi connectivity index (χ3v) is 7.79. The van der Waals surface area contributed by atoms with E-state index < -0.39 is 0 Å². The Labute approximate surface area is 218 Å². The van der Waals surface area contributed by atoms with Crippen molar-refractivity contribution in [2.75, 3.05) is 61.9 Å². The number of hydrogen-bond donors (Lipinski definition) is 2. The van der Waals surface area contributed by atoms with Gasteiger partial charge in [0, 0.05) is 56.2 Å². The SMILES string of the molecule is CCc1cc(N2C[C@H]3CC[C@@H](C2)N3C)ccc1Nc1ncc(C#N)c(NCCCN2CCCOC2=O)n1. The van der Waals surface area contributed by atoms with Gasteiger partial charge in [-0.05, 0) is 62.9 Å². The van der Waals surface area contributed by atoms with E-state index in [1.165, 1.54) is 24.1 Å². The van der Waals surface area contributed by atoms with Gasteiger partial charge in [-0.15, -0.1) is 0 Å². The van der Waals surface area contributed by atoms with E-state index in [0.29, 0.717) is 49.1 Å². The Balaban J connectivity index is 1.23. The van der Waals surface area contributed by atoms with Gasteiger partial charge in [0.2, 0.25) is 5.95 Å². The van der Waals surface area contributed by atoms with Crippen molar-refractivity contribution in [3.63, 3.8) is 0 Å². The van der Waals surface area contributed by atoms with Gasteiger partial charge in [-0.25, -0.2) is 9.78 Å². The minimum atomic E-state index is -0.254. The van der Waals surface area contributed by atoms with Gasteiger partial charge < -0.3 is 25.2 Å². The number of cyclic esters (lactones) is 1. The number of carbonyl (C=O) groups is 1. The molecule has 0 radical (unpaired) electrons. The Kier molecular flexibility index (Phi) is 7.60. The second-order valence-corrected chi connectivity index (χ2v) is 10.1. The van der Waals surface area contributed by atoms with Crippen LogP contribution in [0.2, 0.25) is 0 Å². The molecule has 1 aromatic heterocycles. The first kappa shape index (κ1) is 25.1. The zero-order valence-corrected chi connectivity index (χ0v) is 21.7. The molecule has 10 nitrogen and oxygen atoms in total. The minimum Gasteiger partial charge on any atom is -0.449 e. The molecule has 2 atom stereocenters. The molecule has 4 heterocycles. The second-order valence-electron chi connectivity index (χ2n) is 10.1. The van der Waals surface area contributed by atoms with Crippen LogP contribution in [-0.4, -0.2) is 84.3 Å². The highest BCUT2D eigenvalue weighted by Crippen LogP contribution is 2.33. The van der Waals surface area contributed by atoms with Gasteiger partial charge in [-0.2, -0.15) is 10.2 Å². The van der Waals surface area contributed by atoms with Crippen molar-refractivity contribution in [2.24, 2.45) is 0 Å². The summed E-state index contributed by atoms with van der Waals surface area (Å²) in [6, 6.07) is 10.0. The number of aryl methyl sites for hydroxylation is 1. The number of hydrogen-bond acceptors (Lipinski definition) is 9. The molecule has 2 N–H and O–H groups in total. The first-order chi connectivity index (χ1) is 18.1. The van der Waals surface area contributed by atoms with E-state index in [2.05, 4.69) is 68.6 Å². The second kappa shape index (κ2) is 11.2. The molecular weight excluding hydrogens is 468 g/mol. The fourth-order valence-corrected chi connectivity index (χ4v) is 5.57. The molecule has 0 aliphatic carbocycles. The maximum absolute atomic E-state index is 11.8. The van der Waals surface area contributed by atoms with E-state index in [-0.39, 0.29) is 6.09 Å². The first-order valence-corrected chi connectivity index (χ1v) is 13.3. The number of anilines is 4. The van der Waals surface area contributed by atoms with Gasteiger partial charge in [0.25, 0.3) is 0 Å². The Morgan fingerprint density at radius 2 is 2.05 bits per heavy atom. The van der Waals surface area contributed by atoms with Gasteiger partial charge in [0.05, 0.1) is 12.8 Å².